The zero-order chi connectivity index (χ0) is 13.5. The molecular formula is C13H19N3O2. The van der Waals surface area contributed by atoms with Crippen molar-refractivity contribution in [1.29, 1.82) is 0 Å². The van der Waals surface area contributed by atoms with Crippen molar-refractivity contribution in [2.24, 2.45) is 16.8 Å². The lowest BCUT2D eigenvalue weighted by molar-refractivity contribution is -0.120. The van der Waals surface area contributed by atoms with Crippen LogP contribution in [0.1, 0.15) is 18.1 Å². The number of hydrogen-bond acceptors (Lipinski definition) is 3. The van der Waals surface area contributed by atoms with Gasteiger partial charge in [-0.05, 0) is 12.5 Å². The number of nitrogens with one attached hydrogen (secondary N) is 1. The van der Waals surface area contributed by atoms with E-state index in [1.165, 1.54) is 5.56 Å². The molecule has 0 heterocycles. The highest BCUT2D eigenvalue weighted by atomic mass is 16.4. The van der Waals surface area contributed by atoms with Gasteiger partial charge in [0.2, 0.25) is 5.91 Å². The molecule has 0 aliphatic carbocycles. The first-order valence-corrected chi connectivity index (χ1v) is 5.82. The van der Waals surface area contributed by atoms with Crippen molar-refractivity contribution >= 4 is 11.7 Å². The Morgan fingerprint density at radius 2 is 2.06 bits per heavy atom. The number of aryl methyl sites for hydroxylation is 1. The minimum Gasteiger partial charge on any atom is -0.409 e. The number of nitrogens with zero attached hydrogens (tertiary/aromatic N) is 1. The number of oxime groups is 1. The number of benzene rings is 1. The topological polar surface area (TPSA) is 87.7 Å². The molecule has 0 bridgehead atoms. The Morgan fingerprint density at radius 1 is 1.44 bits per heavy atom. The van der Waals surface area contributed by atoms with Crippen LogP contribution in [0, 0.1) is 12.8 Å². The molecule has 1 rings (SSSR count). The molecule has 0 spiro atoms. The minimum absolute atomic E-state index is 0.0727. The van der Waals surface area contributed by atoms with E-state index in [2.05, 4.69) is 10.5 Å². The molecule has 1 amide bonds. The average molecular weight is 249 g/mol. The second-order valence-electron chi connectivity index (χ2n) is 4.39. The van der Waals surface area contributed by atoms with Gasteiger partial charge < -0.3 is 16.3 Å². The number of amidine groups is 1. The SMILES string of the molecule is Cc1ccc(CC(=O)NCC(C)C(N)=NO)cc1. The molecule has 0 saturated carbocycles. The predicted molar refractivity (Wildman–Crippen MR) is 70.5 cm³/mol. The summed E-state index contributed by atoms with van der Waals surface area (Å²) in [5.41, 5.74) is 7.55. The van der Waals surface area contributed by atoms with Crippen molar-refractivity contribution in [2.45, 2.75) is 20.3 Å². The van der Waals surface area contributed by atoms with Crippen LogP contribution in [-0.2, 0) is 11.2 Å². The number of carbonyl (C=O) groups excluding carboxylic acids is 1. The van der Waals surface area contributed by atoms with Crippen LogP contribution in [0.15, 0.2) is 29.4 Å². The number of nitrogens with two attached hydrogens (primary N) is 1. The third-order valence-corrected chi connectivity index (χ3v) is 2.71. The Bertz CT molecular complexity index is 426. The third-order valence-electron chi connectivity index (χ3n) is 2.71. The maximum atomic E-state index is 11.7. The monoisotopic (exact) mass is 249 g/mol. The van der Waals surface area contributed by atoms with Crippen molar-refractivity contribution in [2.75, 3.05) is 6.54 Å². The van der Waals surface area contributed by atoms with Crippen molar-refractivity contribution < 1.29 is 10.0 Å². The van der Waals surface area contributed by atoms with Gasteiger partial charge in [0.1, 0.15) is 5.84 Å². The number of hydrogen-bond donors (Lipinski definition) is 3. The fourth-order valence-corrected chi connectivity index (χ4v) is 1.42. The molecule has 1 atom stereocenters. The molecule has 1 aromatic carbocycles. The summed E-state index contributed by atoms with van der Waals surface area (Å²) in [6.45, 7) is 4.14. The Labute approximate surface area is 107 Å². The Balaban J connectivity index is 2.40. The molecule has 0 aromatic heterocycles. The summed E-state index contributed by atoms with van der Waals surface area (Å²) in [5, 5.41) is 14.1. The van der Waals surface area contributed by atoms with Crippen LogP contribution < -0.4 is 11.1 Å². The van der Waals surface area contributed by atoms with Gasteiger partial charge in [0.25, 0.3) is 0 Å². The van der Waals surface area contributed by atoms with Crippen molar-refractivity contribution in [3.05, 3.63) is 35.4 Å². The first-order valence-electron chi connectivity index (χ1n) is 5.82. The van der Waals surface area contributed by atoms with E-state index < -0.39 is 0 Å². The van der Waals surface area contributed by atoms with Crippen LogP contribution in [0.4, 0.5) is 0 Å². The summed E-state index contributed by atoms with van der Waals surface area (Å²) in [6.07, 6.45) is 0.336. The standard InChI is InChI=1S/C13H19N3O2/c1-9-3-5-11(6-4-9)7-12(17)15-8-10(2)13(14)16-18/h3-6,10,18H,7-8H2,1-2H3,(H2,14,16)(H,15,17). The second kappa shape index (κ2) is 6.64. The number of rotatable bonds is 5. The quantitative estimate of drug-likeness (QED) is 0.315. The molecule has 98 valence electrons. The highest BCUT2D eigenvalue weighted by Gasteiger charge is 2.09. The van der Waals surface area contributed by atoms with Gasteiger partial charge in [-0.1, -0.05) is 41.9 Å². The maximum Gasteiger partial charge on any atom is 0.224 e. The first-order chi connectivity index (χ1) is 8.52. The van der Waals surface area contributed by atoms with E-state index in [1.807, 2.05) is 31.2 Å². The summed E-state index contributed by atoms with van der Waals surface area (Å²) in [5.74, 6) is -0.140. The lowest BCUT2D eigenvalue weighted by Crippen LogP contribution is -2.35. The molecule has 1 unspecified atom stereocenters. The van der Waals surface area contributed by atoms with Gasteiger partial charge in [0.15, 0.2) is 0 Å². The molecule has 1 aromatic rings. The van der Waals surface area contributed by atoms with Gasteiger partial charge in [-0.3, -0.25) is 4.79 Å². The normalized spacial score (nSPS) is 13.1. The van der Waals surface area contributed by atoms with E-state index in [-0.39, 0.29) is 17.7 Å². The molecule has 18 heavy (non-hydrogen) atoms. The lowest BCUT2D eigenvalue weighted by atomic mass is 10.1. The smallest absolute Gasteiger partial charge is 0.224 e. The zero-order valence-electron chi connectivity index (χ0n) is 10.7. The van der Waals surface area contributed by atoms with E-state index in [4.69, 9.17) is 10.9 Å². The van der Waals surface area contributed by atoms with Gasteiger partial charge in [-0.25, -0.2) is 0 Å². The molecule has 0 saturated heterocycles. The number of carbonyl (C=O) groups is 1. The van der Waals surface area contributed by atoms with E-state index in [0.717, 1.165) is 5.56 Å². The molecule has 0 aliphatic rings. The van der Waals surface area contributed by atoms with Gasteiger partial charge in [-0.15, -0.1) is 0 Å². The van der Waals surface area contributed by atoms with Crippen molar-refractivity contribution in [3.63, 3.8) is 0 Å². The van der Waals surface area contributed by atoms with Crippen molar-refractivity contribution in [1.82, 2.24) is 5.32 Å². The van der Waals surface area contributed by atoms with Crippen LogP contribution in [0.2, 0.25) is 0 Å². The Hall–Kier alpha value is -2.04. The summed E-state index contributed by atoms with van der Waals surface area (Å²) in [7, 11) is 0. The fraction of sp³-hybridized carbons (Fsp3) is 0.385. The Morgan fingerprint density at radius 3 is 2.61 bits per heavy atom. The molecule has 0 fully saturated rings. The molecule has 5 nitrogen and oxygen atoms in total. The molecule has 4 N–H and O–H groups in total. The first kappa shape index (κ1) is 14.0. The summed E-state index contributed by atoms with van der Waals surface area (Å²) in [6, 6.07) is 7.81. The van der Waals surface area contributed by atoms with Gasteiger partial charge in [-0.2, -0.15) is 0 Å². The van der Waals surface area contributed by atoms with Gasteiger partial charge in [0, 0.05) is 12.5 Å². The molecule has 5 heteroatoms. The Kier molecular flexibility index (Phi) is 5.17. The van der Waals surface area contributed by atoms with E-state index in [0.29, 0.717) is 13.0 Å². The summed E-state index contributed by atoms with van der Waals surface area (Å²) >= 11 is 0. The fourth-order valence-electron chi connectivity index (χ4n) is 1.42. The van der Waals surface area contributed by atoms with Crippen LogP contribution in [-0.4, -0.2) is 23.5 Å². The minimum atomic E-state index is -0.183. The van der Waals surface area contributed by atoms with Gasteiger partial charge in [0.05, 0.1) is 6.42 Å². The highest BCUT2D eigenvalue weighted by molar-refractivity contribution is 5.83. The maximum absolute atomic E-state index is 11.7. The van der Waals surface area contributed by atoms with Gasteiger partial charge >= 0.3 is 0 Å². The molecular weight excluding hydrogens is 230 g/mol. The largest absolute Gasteiger partial charge is 0.409 e. The third kappa shape index (κ3) is 4.45. The second-order valence-corrected chi connectivity index (χ2v) is 4.39. The van der Waals surface area contributed by atoms with Crippen molar-refractivity contribution in [3.8, 4) is 0 Å². The molecule has 0 aliphatic heterocycles. The predicted octanol–water partition coefficient (Wildman–Crippen LogP) is 1.04. The lowest BCUT2D eigenvalue weighted by Gasteiger charge is -2.11. The average Bonchev–Trinajstić information content (AvgIpc) is 2.37. The zero-order valence-corrected chi connectivity index (χ0v) is 10.7. The van der Waals surface area contributed by atoms with Crippen LogP contribution in [0.5, 0.6) is 0 Å². The van der Waals surface area contributed by atoms with E-state index in [9.17, 15) is 4.79 Å². The summed E-state index contributed by atoms with van der Waals surface area (Å²) < 4.78 is 0. The van der Waals surface area contributed by atoms with Crippen LogP contribution in [0.25, 0.3) is 0 Å². The highest BCUT2D eigenvalue weighted by Crippen LogP contribution is 2.03. The summed E-state index contributed by atoms with van der Waals surface area (Å²) in [4.78, 5) is 11.7. The van der Waals surface area contributed by atoms with Crippen LogP contribution in [0.3, 0.4) is 0 Å². The number of amides is 1. The van der Waals surface area contributed by atoms with Crippen LogP contribution >= 0.6 is 0 Å². The molecule has 0 radical (unpaired) electrons. The van der Waals surface area contributed by atoms with E-state index in [1.54, 1.807) is 6.92 Å². The van der Waals surface area contributed by atoms with E-state index >= 15 is 0 Å².